The van der Waals surface area contributed by atoms with E-state index in [0.717, 1.165) is 0 Å². The summed E-state index contributed by atoms with van der Waals surface area (Å²) in [6, 6.07) is 4.96. The highest BCUT2D eigenvalue weighted by molar-refractivity contribution is 5.83. The molecule has 1 aromatic heterocycles. The van der Waals surface area contributed by atoms with Crippen LogP contribution in [-0.4, -0.2) is 35.4 Å². The van der Waals surface area contributed by atoms with Gasteiger partial charge < -0.3 is 19.1 Å². The highest BCUT2D eigenvalue weighted by Gasteiger charge is 2.15. The number of ether oxygens (including phenoxy) is 2. The standard InChI is InChI=1S/C11H10N2O5/c1-16-7-4-3-6(5-8(7)17-2)10-12-9(11(14)15)13-18-10/h3-5H,1-2H3,(H,14,15). The lowest BCUT2D eigenvalue weighted by Crippen LogP contribution is -1.98. The lowest BCUT2D eigenvalue weighted by molar-refractivity contribution is 0.0680. The Morgan fingerprint density at radius 1 is 1.28 bits per heavy atom. The van der Waals surface area contributed by atoms with Crippen LogP contribution in [0.15, 0.2) is 22.7 Å². The summed E-state index contributed by atoms with van der Waals surface area (Å²) in [7, 11) is 3.02. The third-order valence-corrected chi connectivity index (χ3v) is 2.25. The summed E-state index contributed by atoms with van der Waals surface area (Å²) in [6.07, 6.45) is 0. The van der Waals surface area contributed by atoms with Gasteiger partial charge in [-0.1, -0.05) is 0 Å². The zero-order valence-electron chi connectivity index (χ0n) is 9.71. The quantitative estimate of drug-likeness (QED) is 0.877. The number of hydrogen-bond donors (Lipinski definition) is 1. The summed E-state index contributed by atoms with van der Waals surface area (Å²) >= 11 is 0. The lowest BCUT2D eigenvalue weighted by Gasteiger charge is -2.07. The highest BCUT2D eigenvalue weighted by Crippen LogP contribution is 2.31. The summed E-state index contributed by atoms with van der Waals surface area (Å²) in [5, 5.41) is 12.0. The van der Waals surface area contributed by atoms with Crippen molar-refractivity contribution in [2.75, 3.05) is 14.2 Å². The first-order chi connectivity index (χ1) is 8.65. The number of benzene rings is 1. The Bertz CT molecular complexity index is 579. The molecule has 1 N–H and O–H groups in total. The Morgan fingerprint density at radius 2 is 2.00 bits per heavy atom. The van der Waals surface area contributed by atoms with Gasteiger partial charge in [-0.25, -0.2) is 4.79 Å². The number of aromatic carboxylic acids is 1. The van der Waals surface area contributed by atoms with Crippen LogP contribution in [0.1, 0.15) is 10.6 Å². The van der Waals surface area contributed by atoms with Gasteiger partial charge in [0.05, 0.1) is 14.2 Å². The fraction of sp³-hybridized carbons (Fsp3) is 0.182. The molecule has 0 aliphatic rings. The number of carboxylic acid groups (broad SMARTS) is 1. The van der Waals surface area contributed by atoms with Crippen LogP contribution in [0.5, 0.6) is 11.5 Å². The van der Waals surface area contributed by atoms with E-state index >= 15 is 0 Å². The van der Waals surface area contributed by atoms with Crippen molar-refractivity contribution in [3.63, 3.8) is 0 Å². The maximum atomic E-state index is 10.6. The minimum Gasteiger partial charge on any atom is -0.493 e. The monoisotopic (exact) mass is 250 g/mol. The number of nitrogens with zero attached hydrogens (tertiary/aromatic N) is 2. The van der Waals surface area contributed by atoms with Crippen LogP contribution >= 0.6 is 0 Å². The Labute approximate surface area is 102 Å². The van der Waals surface area contributed by atoms with Gasteiger partial charge in [-0.15, -0.1) is 0 Å². The van der Waals surface area contributed by atoms with E-state index in [1.165, 1.54) is 14.2 Å². The summed E-state index contributed by atoms with van der Waals surface area (Å²) in [4.78, 5) is 14.4. The van der Waals surface area contributed by atoms with Gasteiger partial charge in [0.2, 0.25) is 0 Å². The van der Waals surface area contributed by atoms with Crippen LogP contribution in [0.3, 0.4) is 0 Å². The fourth-order valence-corrected chi connectivity index (χ4v) is 1.40. The van der Waals surface area contributed by atoms with Crippen LogP contribution in [0.25, 0.3) is 11.5 Å². The number of carbonyl (C=O) groups is 1. The molecule has 0 saturated carbocycles. The molecule has 2 aromatic rings. The number of aromatic nitrogens is 2. The highest BCUT2D eigenvalue weighted by atomic mass is 16.5. The van der Waals surface area contributed by atoms with Crippen molar-refractivity contribution in [2.24, 2.45) is 0 Å². The van der Waals surface area contributed by atoms with E-state index in [-0.39, 0.29) is 11.7 Å². The van der Waals surface area contributed by atoms with Gasteiger partial charge in [0.25, 0.3) is 11.7 Å². The molecule has 1 aromatic carbocycles. The molecule has 2 rings (SSSR count). The summed E-state index contributed by atoms with van der Waals surface area (Å²) < 4.78 is 15.1. The van der Waals surface area contributed by atoms with Gasteiger partial charge in [0, 0.05) is 5.56 Å². The van der Waals surface area contributed by atoms with Gasteiger partial charge in [0.1, 0.15) is 0 Å². The van der Waals surface area contributed by atoms with Crippen molar-refractivity contribution < 1.29 is 23.9 Å². The largest absolute Gasteiger partial charge is 0.493 e. The molecule has 1 heterocycles. The Hall–Kier alpha value is -2.57. The van der Waals surface area contributed by atoms with Crippen LogP contribution < -0.4 is 9.47 Å². The average Bonchev–Trinajstić information content (AvgIpc) is 2.87. The van der Waals surface area contributed by atoms with Crippen LogP contribution in [0.2, 0.25) is 0 Å². The first kappa shape index (κ1) is 11.9. The summed E-state index contributed by atoms with van der Waals surface area (Å²) in [6.45, 7) is 0. The molecule has 0 aliphatic heterocycles. The molecule has 0 unspecified atom stereocenters. The van der Waals surface area contributed by atoms with E-state index in [2.05, 4.69) is 10.1 Å². The maximum Gasteiger partial charge on any atom is 0.377 e. The molecule has 0 spiro atoms. The third-order valence-electron chi connectivity index (χ3n) is 2.25. The second kappa shape index (κ2) is 4.74. The average molecular weight is 250 g/mol. The molecule has 7 heteroatoms. The smallest absolute Gasteiger partial charge is 0.377 e. The fourth-order valence-electron chi connectivity index (χ4n) is 1.40. The lowest BCUT2D eigenvalue weighted by atomic mass is 10.2. The second-order valence-corrected chi connectivity index (χ2v) is 3.30. The van der Waals surface area contributed by atoms with Gasteiger partial charge in [-0.3, -0.25) is 0 Å². The van der Waals surface area contributed by atoms with Gasteiger partial charge in [0.15, 0.2) is 11.5 Å². The first-order valence-electron chi connectivity index (χ1n) is 4.95. The van der Waals surface area contributed by atoms with Crippen molar-refractivity contribution in [1.29, 1.82) is 0 Å². The van der Waals surface area contributed by atoms with Crippen molar-refractivity contribution in [3.05, 3.63) is 24.0 Å². The summed E-state index contributed by atoms with van der Waals surface area (Å²) in [5.41, 5.74) is 0.549. The zero-order valence-corrected chi connectivity index (χ0v) is 9.71. The van der Waals surface area contributed by atoms with E-state index in [1.807, 2.05) is 0 Å². The third kappa shape index (κ3) is 2.10. The van der Waals surface area contributed by atoms with E-state index in [4.69, 9.17) is 19.1 Å². The molecular formula is C11H10N2O5. The molecular weight excluding hydrogens is 240 g/mol. The minimum absolute atomic E-state index is 0.105. The van der Waals surface area contributed by atoms with Gasteiger partial charge in [-0.2, -0.15) is 4.98 Å². The number of rotatable bonds is 4. The Balaban J connectivity index is 2.41. The molecule has 0 aliphatic carbocycles. The molecule has 94 valence electrons. The number of carboxylic acids is 1. The van der Waals surface area contributed by atoms with Crippen LogP contribution in [0.4, 0.5) is 0 Å². The van der Waals surface area contributed by atoms with Gasteiger partial charge in [-0.05, 0) is 23.4 Å². The normalized spacial score (nSPS) is 10.1. The number of methoxy groups -OCH3 is 2. The molecule has 0 saturated heterocycles. The molecule has 7 nitrogen and oxygen atoms in total. The predicted molar refractivity (Wildman–Crippen MR) is 59.8 cm³/mol. The Morgan fingerprint density at radius 3 is 2.56 bits per heavy atom. The van der Waals surface area contributed by atoms with Crippen LogP contribution in [0, 0.1) is 0 Å². The molecule has 0 amide bonds. The molecule has 0 radical (unpaired) electrons. The molecule has 0 fully saturated rings. The minimum atomic E-state index is -1.24. The predicted octanol–water partition coefficient (Wildman–Crippen LogP) is 1.45. The first-order valence-corrected chi connectivity index (χ1v) is 4.95. The maximum absolute atomic E-state index is 10.6. The van der Waals surface area contributed by atoms with E-state index in [0.29, 0.717) is 17.1 Å². The Kier molecular flexibility index (Phi) is 3.13. The van der Waals surface area contributed by atoms with Crippen molar-refractivity contribution in [3.8, 4) is 23.0 Å². The van der Waals surface area contributed by atoms with Crippen molar-refractivity contribution in [1.82, 2.24) is 10.1 Å². The van der Waals surface area contributed by atoms with E-state index in [1.54, 1.807) is 18.2 Å². The molecule has 0 bridgehead atoms. The SMILES string of the molecule is COc1ccc(-c2nc(C(=O)O)no2)cc1OC. The van der Waals surface area contributed by atoms with Crippen molar-refractivity contribution in [2.45, 2.75) is 0 Å². The van der Waals surface area contributed by atoms with Gasteiger partial charge >= 0.3 is 5.97 Å². The molecule has 18 heavy (non-hydrogen) atoms. The van der Waals surface area contributed by atoms with E-state index in [9.17, 15) is 4.79 Å². The molecule has 0 atom stereocenters. The second-order valence-electron chi connectivity index (χ2n) is 3.30. The summed E-state index contributed by atoms with van der Waals surface area (Å²) in [5.74, 6) is -0.483. The topological polar surface area (TPSA) is 94.7 Å². The number of hydrogen-bond acceptors (Lipinski definition) is 6. The van der Waals surface area contributed by atoms with Crippen LogP contribution in [-0.2, 0) is 0 Å². The zero-order chi connectivity index (χ0) is 13.1. The van der Waals surface area contributed by atoms with E-state index < -0.39 is 5.97 Å². The van der Waals surface area contributed by atoms with Crippen molar-refractivity contribution >= 4 is 5.97 Å².